The standard InChI is InChI=1S/C17H19N3O5S/c1-25-15-5-3-2-4-13(15)18-17(26)19-14(10-21)16(22)11-6-8-12(9-7-11)20(23)24/h2-9,14,16,21-22H,10H2,1H3,(H2,18,19,26). The molecule has 26 heavy (non-hydrogen) atoms. The summed E-state index contributed by atoms with van der Waals surface area (Å²) in [5, 5.41) is 36.7. The molecule has 0 saturated carbocycles. The van der Waals surface area contributed by atoms with Crippen LogP contribution in [0.1, 0.15) is 11.7 Å². The number of hydrogen-bond donors (Lipinski definition) is 4. The summed E-state index contributed by atoms with van der Waals surface area (Å²) in [6.45, 7) is -0.397. The summed E-state index contributed by atoms with van der Waals surface area (Å²) in [6.07, 6.45) is -1.11. The maximum atomic E-state index is 10.7. The Morgan fingerprint density at radius 2 is 1.92 bits per heavy atom. The van der Waals surface area contributed by atoms with Crippen molar-refractivity contribution in [2.45, 2.75) is 12.1 Å². The molecule has 0 radical (unpaired) electrons. The Morgan fingerprint density at radius 3 is 2.50 bits per heavy atom. The Morgan fingerprint density at radius 1 is 1.27 bits per heavy atom. The van der Waals surface area contributed by atoms with E-state index >= 15 is 0 Å². The summed E-state index contributed by atoms with van der Waals surface area (Å²) < 4.78 is 5.22. The van der Waals surface area contributed by atoms with Crippen molar-refractivity contribution in [3.8, 4) is 5.75 Å². The summed E-state index contributed by atoms with van der Waals surface area (Å²) in [5.74, 6) is 0.591. The molecule has 0 saturated heterocycles. The van der Waals surface area contributed by atoms with E-state index in [1.54, 1.807) is 12.1 Å². The molecule has 0 aliphatic heterocycles. The van der Waals surface area contributed by atoms with E-state index in [2.05, 4.69) is 10.6 Å². The van der Waals surface area contributed by atoms with Gasteiger partial charge in [0.25, 0.3) is 5.69 Å². The van der Waals surface area contributed by atoms with E-state index in [1.165, 1.54) is 31.4 Å². The van der Waals surface area contributed by atoms with Crippen molar-refractivity contribution in [2.24, 2.45) is 0 Å². The van der Waals surface area contributed by atoms with Crippen molar-refractivity contribution < 1.29 is 19.9 Å². The number of methoxy groups -OCH3 is 1. The van der Waals surface area contributed by atoms with Crippen LogP contribution in [0.15, 0.2) is 48.5 Å². The number of nitro groups is 1. The van der Waals surface area contributed by atoms with Crippen LogP contribution in [-0.4, -0.2) is 40.0 Å². The predicted octanol–water partition coefficient (Wildman–Crippen LogP) is 1.98. The number of benzene rings is 2. The Hall–Kier alpha value is -2.75. The van der Waals surface area contributed by atoms with Crippen LogP contribution in [0.4, 0.5) is 11.4 Å². The molecule has 2 aromatic carbocycles. The molecule has 8 nitrogen and oxygen atoms in total. The number of aliphatic hydroxyl groups excluding tert-OH is 2. The first-order valence-electron chi connectivity index (χ1n) is 7.70. The molecule has 0 amide bonds. The number of nitrogens with one attached hydrogen (secondary N) is 2. The van der Waals surface area contributed by atoms with Gasteiger partial charge in [-0.25, -0.2) is 0 Å². The van der Waals surface area contributed by atoms with Crippen LogP contribution in [0.3, 0.4) is 0 Å². The highest BCUT2D eigenvalue weighted by molar-refractivity contribution is 7.80. The number of aliphatic hydroxyl groups is 2. The summed E-state index contributed by atoms with van der Waals surface area (Å²) >= 11 is 5.22. The Labute approximate surface area is 155 Å². The van der Waals surface area contributed by atoms with Crippen molar-refractivity contribution in [3.63, 3.8) is 0 Å². The van der Waals surface area contributed by atoms with E-state index in [-0.39, 0.29) is 10.8 Å². The molecule has 2 atom stereocenters. The smallest absolute Gasteiger partial charge is 0.269 e. The molecule has 138 valence electrons. The Kier molecular flexibility index (Phi) is 6.84. The molecule has 9 heteroatoms. The SMILES string of the molecule is COc1ccccc1NC(=S)NC(CO)C(O)c1ccc([N+](=O)[O-])cc1. The van der Waals surface area contributed by atoms with Crippen LogP contribution < -0.4 is 15.4 Å². The number of non-ortho nitro benzene ring substituents is 1. The molecule has 0 aliphatic rings. The molecule has 0 heterocycles. The van der Waals surface area contributed by atoms with Gasteiger partial charge in [0.1, 0.15) is 11.9 Å². The fourth-order valence-corrected chi connectivity index (χ4v) is 2.59. The second-order valence-electron chi connectivity index (χ2n) is 5.38. The van der Waals surface area contributed by atoms with E-state index in [4.69, 9.17) is 17.0 Å². The normalized spacial score (nSPS) is 12.7. The third-order valence-electron chi connectivity index (χ3n) is 3.69. The van der Waals surface area contributed by atoms with E-state index < -0.39 is 23.7 Å². The van der Waals surface area contributed by atoms with Gasteiger partial charge in [0.05, 0.1) is 30.4 Å². The van der Waals surface area contributed by atoms with Gasteiger partial charge in [-0.2, -0.15) is 0 Å². The van der Waals surface area contributed by atoms with Crippen molar-refractivity contribution in [1.29, 1.82) is 0 Å². The predicted molar refractivity (Wildman–Crippen MR) is 101 cm³/mol. The third kappa shape index (κ3) is 4.88. The average Bonchev–Trinajstić information content (AvgIpc) is 2.66. The van der Waals surface area contributed by atoms with Crippen LogP contribution in [0.25, 0.3) is 0 Å². The lowest BCUT2D eigenvalue weighted by Gasteiger charge is -2.24. The van der Waals surface area contributed by atoms with Gasteiger partial charge in [-0.1, -0.05) is 12.1 Å². The minimum atomic E-state index is -1.11. The van der Waals surface area contributed by atoms with Crippen LogP contribution in [0, 0.1) is 10.1 Å². The number of hydrogen-bond acceptors (Lipinski definition) is 6. The lowest BCUT2D eigenvalue weighted by atomic mass is 10.0. The summed E-state index contributed by atoms with van der Waals surface area (Å²) in [7, 11) is 1.53. The molecule has 4 N–H and O–H groups in total. The Bertz CT molecular complexity index is 769. The second-order valence-corrected chi connectivity index (χ2v) is 5.79. The van der Waals surface area contributed by atoms with E-state index in [1.807, 2.05) is 12.1 Å². The third-order valence-corrected chi connectivity index (χ3v) is 3.91. The zero-order valence-corrected chi connectivity index (χ0v) is 14.8. The first-order valence-corrected chi connectivity index (χ1v) is 8.11. The minimum absolute atomic E-state index is 0.0807. The highest BCUT2D eigenvalue weighted by atomic mass is 32.1. The van der Waals surface area contributed by atoms with E-state index in [9.17, 15) is 20.3 Å². The first-order chi connectivity index (χ1) is 12.5. The monoisotopic (exact) mass is 377 g/mol. The number of nitro benzene ring substituents is 1. The van der Waals surface area contributed by atoms with Crippen LogP contribution >= 0.6 is 12.2 Å². The molecule has 0 fully saturated rings. The van der Waals surface area contributed by atoms with Gasteiger partial charge in [0, 0.05) is 12.1 Å². The van der Waals surface area contributed by atoms with Gasteiger partial charge >= 0.3 is 0 Å². The highest BCUT2D eigenvalue weighted by Crippen LogP contribution is 2.24. The molecule has 2 unspecified atom stereocenters. The van der Waals surface area contributed by atoms with Gasteiger partial charge in [-0.05, 0) is 42.0 Å². The topological polar surface area (TPSA) is 117 Å². The van der Waals surface area contributed by atoms with Crippen LogP contribution in [0.2, 0.25) is 0 Å². The quantitative estimate of drug-likeness (QED) is 0.329. The van der Waals surface area contributed by atoms with Crippen LogP contribution in [0.5, 0.6) is 5.75 Å². The van der Waals surface area contributed by atoms with Crippen molar-refractivity contribution >= 4 is 28.7 Å². The lowest BCUT2D eigenvalue weighted by molar-refractivity contribution is -0.384. The zero-order valence-electron chi connectivity index (χ0n) is 14.0. The van der Waals surface area contributed by atoms with Gasteiger partial charge in [-0.15, -0.1) is 0 Å². The molecule has 0 spiro atoms. The first kappa shape index (κ1) is 19.6. The van der Waals surface area contributed by atoms with Gasteiger partial charge in [0.2, 0.25) is 0 Å². The average molecular weight is 377 g/mol. The fourth-order valence-electron chi connectivity index (χ4n) is 2.32. The van der Waals surface area contributed by atoms with Crippen molar-refractivity contribution in [1.82, 2.24) is 5.32 Å². The molecular formula is C17H19N3O5S. The van der Waals surface area contributed by atoms with E-state index in [0.29, 0.717) is 17.0 Å². The number of para-hydroxylation sites is 2. The molecule has 0 aliphatic carbocycles. The zero-order chi connectivity index (χ0) is 19.1. The summed E-state index contributed by atoms with van der Waals surface area (Å²) in [5.41, 5.74) is 0.971. The molecular weight excluding hydrogens is 358 g/mol. The van der Waals surface area contributed by atoms with E-state index in [0.717, 1.165) is 0 Å². The summed E-state index contributed by atoms with van der Waals surface area (Å²) in [6, 6.07) is 11.8. The van der Waals surface area contributed by atoms with Crippen molar-refractivity contribution in [2.75, 3.05) is 19.0 Å². The van der Waals surface area contributed by atoms with Crippen LogP contribution in [-0.2, 0) is 0 Å². The summed E-state index contributed by atoms with van der Waals surface area (Å²) in [4.78, 5) is 10.2. The molecule has 2 aromatic rings. The molecule has 0 bridgehead atoms. The largest absolute Gasteiger partial charge is 0.495 e. The van der Waals surface area contributed by atoms with Crippen molar-refractivity contribution in [3.05, 3.63) is 64.2 Å². The number of thiocarbonyl (C=S) groups is 1. The number of anilines is 1. The second kappa shape index (κ2) is 9.09. The fraction of sp³-hybridized carbons (Fsp3) is 0.235. The lowest BCUT2D eigenvalue weighted by Crippen LogP contribution is -2.43. The maximum absolute atomic E-state index is 10.7. The number of rotatable bonds is 7. The Balaban J connectivity index is 2.05. The van der Waals surface area contributed by atoms with Gasteiger partial charge in [0.15, 0.2) is 5.11 Å². The molecule has 2 rings (SSSR count). The maximum Gasteiger partial charge on any atom is 0.269 e. The minimum Gasteiger partial charge on any atom is -0.495 e. The van der Waals surface area contributed by atoms with Gasteiger partial charge < -0.3 is 25.6 Å². The molecule has 0 aromatic heterocycles. The highest BCUT2D eigenvalue weighted by Gasteiger charge is 2.22. The number of ether oxygens (including phenoxy) is 1. The van der Waals surface area contributed by atoms with Gasteiger partial charge in [-0.3, -0.25) is 10.1 Å². The number of nitrogens with zero attached hydrogens (tertiary/aromatic N) is 1.